The van der Waals surface area contributed by atoms with Crippen LogP contribution in [0.2, 0.25) is 0 Å². The maximum atomic E-state index is 12.5. The largest absolute Gasteiger partial charge is 0.478 e. The average molecular weight is 327 g/mol. The van der Waals surface area contributed by atoms with E-state index in [1.807, 2.05) is 9.80 Å². The van der Waals surface area contributed by atoms with Gasteiger partial charge in [0.1, 0.15) is 5.69 Å². The van der Waals surface area contributed by atoms with Crippen molar-refractivity contribution in [3.63, 3.8) is 0 Å². The SMILES string of the molecule is O=C(O)c1ccc(N2COc3cc(C(=O)N4CCCC4)[nH]c32)cc1. The highest BCUT2D eigenvalue weighted by Crippen LogP contribution is 2.39. The predicted octanol–water partition coefficient (Wildman–Crippen LogP) is 2.44. The molecule has 0 radical (unpaired) electrons. The van der Waals surface area contributed by atoms with Crippen LogP contribution in [0, 0.1) is 0 Å². The molecule has 3 heterocycles. The number of hydrogen-bond acceptors (Lipinski definition) is 4. The molecule has 1 amide bonds. The van der Waals surface area contributed by atoms with Crippen molar-refractivity contribution in [1.29, 1.82) is 0 Å². The topological polar surface area (TPSA) is 85.9 Å². The fourth-order valence-corrected chi connectivity index (χ4v) is 3.13. The van der Waals surface area contributed by atoms with Crippen LogP contribution in [0.15, 0.2) is 30.3 Å². The van der Waals surface area contributed by atoms with Crippen molar-refractivity contribution >= 4 is 23.4 Å². The van der Waals surface area contributed by atoms with Crippen LogP contribution in [0.4, 0.5) is 11.5 Å². The minimum atomic E-state index is -0.960. The summed E-state index contributed by atoms with van der Waals surface area (Å²) in [4.78, 5) is 30.3. The number of amides is 1. The highest BCUT2D eigenvalue weighted by Gasteiger charge is 2.29. The van der Waals surface area contributed by atoms with Crippen molar-refractivity contribution in [1.82, 2.24) is 9.88 Å². The number of hydrogen-bond donors (Lipinski definition) is 2. The van der Waals surface area contributed by atoms with Crippen molar-refractivity contribution in [2.24, 2.45) is 0 Å². The minimum Gasteiger partial charge on any atom is -0.478 e. The Balaban J connectivity index is 1.59. The van der Waals surface area contributed by atoms with Gasteiger partial charge < -0.3 is 19.7 Å². The summed E-state index contributed by atoms with van der Waals surface area (Å²) >= 11 is 0. The summed E-state index contributed by atoms with van der Waals surface area (Å²) in [7, 11) is 0. The van der Waals surface area contributed by atoms with Gasteiger partial charge in [0.15, 0.2) is 18.3 Å². The Morgan fingerprint density at radius 2 is 1.83 bits per heavy atom. The first-order valence-corrected chi connectivity index (χ1v) is 7.89. The third kappa shape index (κ3) is 2.38. The number of carbonyl (C=O) groups is 2. The van der Waals surface area contributed by atoms with E-state index in [-0.39, 0.29) is 11.5 Å². The third-order valence-electron chi connectivity index (χ3n) is 4.43. The highest BCUT2D eigenvalue weighted by molar-refractivity contribution is 5.95. The number of carboxylic acids is 1. The number of ether oxygens (including phenoxy) is 1. The van der Waals surface area contributed by atoms with Gasteiger partial charge in [0.2, 0.25) is 0 Å². The molecule has 0 bridgehead atoms. The minimum absolute atomic E-state index is 0.00771. The average Bonchev–Trinajstić information content (AvgIpc) is 3.31. The lowest BCUT2D eigenvalue weighted by atomic mass is 10.2. The second-order valence-electron chi connectivity index (χ2n) is 5.95. The van der Waals surface area contributed by atoms with Crippen LogP contribution >= 0.6 is 0 Å². The van der Waals surface area contributed by atoms with Crippen molar-refractivity contribution in [2.75, 3.05) is 24.7 Å². The zero-order chi connectivity index (χ0) is 16.7. The Morgan fingerprint density at radius 1 is 1.12 bits per heavy atom. The molecule has 1 saturated heterocycles. The first-order valence-electron chi connectivity index (χ1n) is 7.89. The number of nitrogens with zero attached hydrogens (tertiary/aromatic N) is 2. The molecule has 2 aliphatic rings. The molecule has 2 aromatic rings. The smallest absolute Gasteiger partial charge is 0.335 e. The number of aromatic nitrogens is 1. The Labute approximate surface area is 138 Å². The van der Waals surface area contributed by atoms with Crippen LogP contribution in [0.25, 0.3) is 0 Å². The summed E-state index contributed by atoms with van der Waals surface area (Å²) in [6.45, 7) is 1.92. The van der Waals surface area contributed by atoms with Gasteiger partial charge in [0, 0.05) is 24.8 Å². The zero-order valence-electron chi connectivity index (χ0n) is 13.0. The fourth-order valence-electron chi connectivity index (χ4n) is 3.13. The molecule has 7 heteroatoms. The quantitative estimate of drug-likeness (QED) is 0.904. The number of rotatable bonds is 3. The first kappa shape index (κ1) is 14.6. The maximum Gasteiger partial charge on any atom is 0.335 e. The number of likely N-dealkylation sites (tertiary alicyclic amines) is 1. The molecule has 0 saturated carbocycles. The van der Waals surface area contributed by atoms with Crippen LogP contribution < -0.4 is 9.64 Å². The van der Waals surface area contributed by atoms with Gasteiger partial charge >= 0.3 is 5.97 Å². The molecule has 4 rings (SSSR count). The van der Waals surface area contributed by atoms with E-state index in [9.17, 15) is 9.59 Å². The Morgan fingerprint density at radius 3 is 2.50 bits per heavy atom. The number of nitrogens with one attached hydrogen (secondary N) is 1. The molecular weight excluding hydrogens is 310 g/mol. The first-order chi connectivity index (χ1) is 11.6. The summed E-state index contributed by atoms with van der Waals surface area (Å²) in [5, 5.41) is 8.98. The molecule has 2 N–H and O–H groups in total. The van der Waals surface area contributed by atoms with Gasteiger partial charge in [-0.2, -0.15) is 0 Å². The number of carbonyl (C=O) groups excluding carboxylic acids is 1. The summed E-state index contributed by atoms with van der Waals surface area (Å²) in [5.74, 6) is 0.394. The van der Waals surface area contributed by atoms with Gasteiger partial charge in [-0.3, -0.25) is 9.69 Å². The number of carboxylic acid groups (broad SMARTS) is 1. The molecule has 24 heavy (non-hydrogen) atoms. The molecule has 2 aliphatic heterocycles. The van der Waals surface area contributed by atoms with E-state index in [4.69, 9.17) is 9.84 Å². The van der Waals surface area contributed by atoms with Gasteiger partial charge in [0.05, 0.1) is 5.56 Å². The molecule has 1 fully saturated rings. The lowest BCUT2D eigenvalue weighted by molar-refractivity contribution is 0.0696. The van der Waals surface area contributed by atoms with Gasteiger partial charge in [0.25, 0.3) is 5.91 Å². The number of aromatic amines is 1. The van der Waals surface area contributed by atoms with E-state index in [0.717, 1.165) is 37.4 Å². The van der Waals surface area contributed by atoms with E-state index in [1.54, 1.807) is 30.3 Å². The van der Waals surface area contributed by atoms with Crippen LogP contribution in [0.3, 0.4) is 0 Å². The summed E-state index contributed by atoms with van der Waals surface area (Å²) in [5.41, 5.74) is 1.56. The number of H-pyrrole nitrogens is 1. The van der Waals surface area contributed by atoms with Crippen molar-refractivity contribution in [3.8, 4) is 5.75 Å². The number of anilines is 2. The molecular formula is C17H17N3O4. The molecule has 7 nitrogen and oxygen atoms in total. The maximum absolute atomic E-state index is 12.5. The van der Waals surface area contributed by atoms with E-state index < -0.39 is 5.97 Å². The molecule has 0 unspecified atom stereocenters. The summed E-state index contributed by atoms with van der Waals surface area (Å²) in [6.07, 6.45) is 2.09. The predicted molar refractivity (Wildman–Crippen MR) is 87.0 cm³/mol. The van der Waals surface area contributed by atoms with Gasteiger partial charge in [-0.25, -0.2) is 4.79 Å². The second-order valence-corrected chi connectivity index (χ2v) is 5.95. The third-order valence-corrected chi connectivity index (χ3v) is 4.43. The number of benzene rings is 1. The lowest BCUT2D eigenvalue weighted by Gasteiger charge is -2.17. The Bertz CT molecular complexity index is 791. The van der Waals surface area contributed by atoms with E-state index in [1.165, 1.54) is 0 Å². The van der Waals surface area contributed by atoms with Crippen LogP contribution in [0.1, 0.15) is 33.7 Å². The molecule has 0 spiro atoms. The molecule has 0 atom stereocenters. The van der Waals surface area contributed by atoms with Crippen molar-refractivity contribution < 1.29 is 19.4 Å². The summed E-state index contributed by atoms with van der Waals surface area (Å²) in [6, 6.07) is 8.29. The van der Waals surface area contributed by atoms with E-state index >= 15 is 0 Å². The Kier molecular flexibility index (Phi) is 3.41. The Hall–Kier alpha value is -2.96. The van der Waals surface area contributed by atoms with E-state index in [0.29, 0.717) is 18.2 Å². The molecule has 1 aromatic carbocycles. The molecule has 124 valence electrons. The normalized spacial score (nSPS) is 16.2. The standard InChI is InChI=1S/C17H17N3O4/c21-16(19-7-1-2-8-19)13-9-14-15(18-13)20(10-24-14)12-5-3-11(4-6-12)17(22)23/h3-6,9,18H,1-2,7-8,10H2,(H,22,23). The van der Waals surface area contributed by atoms with E-state index in [2.05, 4.69) is 4.98 Å². The monoisotopic (exact) mass is 327 g/mol. The zero-order valence-corrected chi connectivity index (χ0v) is 13.0. The van der Waals surface area contributed by atoms with Gasteiger partial charge in [-0.05, 0) is 37.1 Å². The van der Waals surface area contributed by atoms with Crippen LogP contribution in [0.5, 0.6) is 5.75 Å². The van der Waals surface area contributed by atoms with Gasteiger partial charge in [-0.1, -0.05) is 0 Å². The second kappa shape index (κ2) is 5.59. The number of fused-ring (bicyclic) bond motifs is 1. The van der Waals surface area contributed by atoms with Gasteiger partial charge in [-0.15, -0.1) is 0 Å². The molecule has 0 aliphatic carbocycles. The summed E-state index contributed by atoms with van der Waals surface area (Å²) < 4.78 is 5.64. The highest BCUT2D eigenvalue weighted by atomic mass is 16.5. The van der Waals surface area contributed by atoms with Crippen LogP contribution in [-0.4, -0.2) is 46.7 Å². The van der Waals surface area contributed by atoms with Crippen molar-refractivity contribution in [2.45, 2.75) is 12.8 Å². The molecule has 1 aromatic heterocycles. The van der Waals surface area contributed by atoms with Crippen molar-refractivity contribution in [3.05, 3.63) is 41.6 Å². The lowest BCUT2D eigenvalue weighted by Crippen LogP contribution is -2.28. The fraction of sp³-hybridized carbons (Fsp3) is 0.294. The van der Waals surface area contributed by atoms with Crippen LogP contribution in [-0.2, 0) is 0 Å². The number of aromatic carboxylic acids is 1.